The van der Waals surface area contributed by atoms with Gasteiger partial charge in [-0.05, 0) is 25.1 Å². The van der Waals surface area contributed by atoms with E-state index in [2.05, 4.69) is 40.1 Å². The van der Waals surface area contributed by atoms with Crippen LogP contribution in [-0.2, 0) is 7.05 Å². The molecule has 0 amide bonds. The van der Waals surface area contributed by atoms with Crippen molar-refractivity contribution in [3.8, 4) is 22.0 Å². The minimum atomic E-state index is 0.930. The summed E-state index contributed by atoms with van der Waals surface area (Å²) < 4.78 is 2.87. The molecule has 2 aromatic heterocycles. The van der Waals surface area contributed by atoms with Crippen LogP contribution in [0.5, 0.6) is 0 Å². The highest BCUT2D eigenvalue weighted by molar-refractivity contribution is 9.10. The molecule has 0 aliphatic rings. The topological polar surface area (TPSA) is 30.7 Å². The highest BCUT2D eigenvalue weighted by atomic mass is 79.9. The van der Waals surface area contributed by atoms with Crippen LogP contribution in [0.15, 0.2) is 41.0 Å². The zero-order valence-electron chi connectivity index (χ0n) is 10.6. The van der Waals surface area contributed by atoms with Crippen molar-refractivity contribution in [2.75, 3.05) is 0 Å². The summed E-state index contributed by atoms with van der Waals surface area (Å²) in [6.07, 6.45) is 1.94. The monoisotopic (exact) mass is 333 g/mol. The highest BCUT2D eigenvalue weighted by Gasteiger charge is 2.12. The molecule has 0 radical (unpaired) electrons. The molecule has 0 N–H and O–H groups in total. The lowest BCUT2D eigenvalue weighted by Crippen LogP contribution is -1.87. The quantitative estimate of drug-likeness (QED) is 0.700. The van der Waals surface area contributed by atoms with Gasteiger partial charge in [-0.1, -0.05) is 28.1 Å². The number of nitrogens with zero attached hydrogens (tertiary/aromatic N) is 3. The summed E-state index contributed by atoms with van der Waals surface area (Å²) in [4.78, 5) is 5.93. The van der Waals surface area contributed by atoms with E-state index in [1.807, 2.05) is 31.4 Å². The Kier molecular flexibility index (Phi) is 3.24. The predicted molar refractivity (Wildman–Crippen MR) is 82.2 cm³/mol. The summed E-state index contributed by atoms with van der Waals surface area (Å²) in [6.45, 7) is 2.10. The minimum absolute atomic E-state index is 0.930. The van der Waals surface area contributed by atoms with Crippen molar-refractivity contribution < 1.29 is 0 Å². The van der Waals surface area contributed by atoms with Gasteiger partial charge in [-0.15, -0.1) is 11.3 Å². The van der Waals surface area contributed by atoms with Crippen LogP contribution in [0, 0.1) is 6.92 Å². The second-order valence-electron chi connectivity index (χ2n) is 4.31. The number of thiazole rings is 1. The molecule has 3 nitrogen and oxygen atoms in total. The Balaban J connectivity index is 2.04. The van der Waals surface area contributed by atoms with Crippen molar-refractivity contribution in [1.82, 2.24) is 14.8 Å². The first-order chi connectivity index (χ1) is 9.13. The SMILES string of the molecule is Cc1sc(-c2ccn(C)n2)nc1-c1ccc(Br)cc1. The summed E-state index contributed by atoms with van der Waals surface area (Å²) in [6, 6.07) is 10.2. The van der Waals surface area contributed by atoms with Crippen molar-refractivity contribution in [3.63, 3.8) is 0 Å². The minimum Gasteiger partial charge on any atom is -0.275 e. The summed E-state index contributed by atoms with van der Waals surface area (Å²) in [5, 5.41) is 5.37. The fourth-order valence-corrected chi connectivity index (χ4v) is 3.08. The number of hydrogen-bond acceptors (Lipinski definition) is 3. The molecule has 3 rings (SSSR count). The first-order valence-electron chi connectivity index (χ1n) is 5.87. The van der Waals surface area contributed by atoms with E-state index in [4.69, 9.17) is 4.98 Å². The van der Waals surface area contributed by atoms with E-state index >= 15 is 0 Å². The molecule has 0 aliphatic carbocycles. The van der Waals surface area contributed by atoms with Crippen LogP contribution in [0.3, 0.4) is 0 Å². The molecule has 0 spiro atoms. The number of hydrogen-bond donors (Lipinski definition) is 0. The lowest BCUT2D eigenvalue weighted by Gasteiger charge is -1.98. The third kappa shape index (κ3) is 2.48. The molecule has 3 aromatic rings. The van der Waals surface area contributed by atoms with Crippen LogP contribution < -0.4 is 0 Å². The van der Waals surface area contributed by atoms with E-state index in [0.717, 1.165) is 26.4 Å². The van der Waals surface area contributed by atoms with Gasteiger partial charge in [0.15, 0.2) is 0 Å². The molecule has 96 valence electrons. The third-order valence-electron chi connectivity index (χ3n) is 2.85. The second kappa shape index (κ2) is 4.90. The fraction of sp³-hybridized carbons (Fsp3) is 0.143. The van der Waals surface area contributed by atoms with E-state index in [1.54, 1.807) is 16.0 Å². The van der Waals surface area contributed by atoms with E-state index in [0.29, 0.717) is 0 Å². The van der Waals surface area contributed by atoms with Crippen LogP contribution in [-0.4, -0.2) is 14.8 Å². The van der Waals surface area contributed by atoms with Crippen molar-refractivity contribution in [2.24, 2.45) is 7.05 Å². The Bertz CT molecular complexity index is 713. The fourth-order valence-electron chi connectivity index (χ4n) is 1.91. The molecule has 0 saturated heterocycles. The lowest BCUT2D eigenvalue weighted by molar-refractivity contribution is 0.770. The van der Waals surface area contributed by atoms with Gasteiger partial charge < -0.3 is 0 Å². The normalized spacial score (nSPS) is 10.9. The Labute approximate surface area is 124 Å². The first-order valence-corrected chi connectivity index (χ1v) is 7.48. The molecule has 0 bridgehead atoms. The van der Waals surface area contributed by atoms with Crippen LogP contribution in [0.1, 0.15) is 4.88 Å². The largest absolute Gasteiger partial charge is 0.275 e. The van der Waals surface area contributed by atoms with Gasteiger partial charge in [0, 0.05) is 28.2 Å². The van der Waals surface area contributed by atoms with Crippen LogP contribution in [0.2, 0.25) is 0 Å². The second-order valence-corrected chi connectivity index (χ2v) is 6.42. The number of halogens is 1. The maximum Gasteiger partial charge on any atom is 0.144 e. The first kappa shape index (κ1) is 12.6. The van der Waals surface area contributed by atoms with Crippen LogP contribution >= 0.6 is 27.3 Å². The van der Waals surface area contributed by atoms with Crippen molar-refractivity contribution in [2.45, 2.75) is 6.92 Å². The molecule has 0 saturated carbocycles. The van der Waals surface area contributed by atoms with E-state index in [-0.39, 0.29) is 0 Å². The summed E-state index contributed by atoms with van der Waals surface area (Å²) in [5.41, 5.74) is 3.11. The Morgan fingerprint density at radius 1 is 1.16 bits per heavy atom. The summed E-state index contributed by atoms with van der Waals surface area (Å²) in [7, 11) is 1.92. The van der Waals surface area contributed by atoms with Crippen molar-refractivity contribution in [1.29, 1.82) is 0 Å². The molecule has 0 fully saturated rings. The van der Waals surface area contributed by atoms with Gasteiger partial charge in [0.2, 0.25) is 0 Å². The predicted octanol–water partition coefficient (Wildman–Crippen LogP) is 4.28. The third-order valence-corrected chi connectivity index (χ3v) is 4.37. The number of aromatic nitrogens is 3. The molecule has 0 unspecified atom stereocenters. The maximum atomic E-state index is 4.72. The van der Waals surface area contributed by atoms with Gasteiger partial charge >= 0.3 is 0 Å². The zero-order valence-corrected chi connectivity index (χ0v) is 13.0. The van der Waals surface area contributed by atoms with Gasteiger partial charge in [0.25, 0.3) is 0 Å². The van der Waals surface area contributed by atoms with Crippen molar-refractivity contribution in [3.05, 3.63) is 45.9 Å². The molecule has 5 heteroatoms. The Hall–Kier alpha value is -1.46. The van der Waals surface area contributed by atoms with E-state index in [9.17, 15) is 0 Å². The molecule has 0 atom stereocenters. The van der Waals surface area contributed by atoms with Gasteiger partial charge in [0.05, 0.1) is 5.69 Å². The zero-order chi connectivity index (χ0) is 13.4. The average Bonchev–Trinajstić information content (AvgIpc) is 2.97. The summed E-state index contributed by atoms with van der Waals surface area (Å²) >= 11 is 5.13. The molecular formula is C14H12BrN3S. The molecule has 19 heavy (non-hydrogen) atoms. The number of benzene rings is 1. The molecule has 0 aliphatic heterocycles. The van der Waals surface area contributed by atoms with E-state index < -0.39 is 0 Å². The van der Waals surface area contributed by atoms with Crippen LogP contribution in [0.4, 0.5) is 0 Å². The summed E-state index contributed by atoms with van der Waals surface area (Å²) in [5.74, 6) is 0. The standard InChI is InChI=1S/C14H12BrN3S/c1-9-13(10-3-5-11(15)6-4-10)16-14(19-9)12-7-8-18(2)17-12/h3-8H,1-2H3. The smallest absolute Gasteiger partial charge is 0.144 e. The Morgan fingerprint density at radius 3 is 2.53 bits per heavy atom. The van der Waals surface area contributed by atoms with Gasteiger partial charge in [-0.3, -0.25) is 4.68 Å². The van der Waals surface area contributed by atoms with Gasteiger partial charge in [-0.25, -0.2) is 4.98 Å². The van der Waals surface area contributed by atoms with Crippen molar-refractivity contribution >= 4 is 27.3 Å². The van der Waals surface area contributed by atoms with Gasteiger partial charge in [-0.2, -0.15) is 5.10 Å². The number of aryl methyl sites for hydroxylation is 2. The van der Waals surface area contributed by atoms with Crippen LogP contribution in [0.25, 0.3) is 22.0 Å². The highest BCUT2D eigenvalue weighted by Crippen LogP contribution is 2.32. The average molecular weight is 334 g/mol. The number of rotatable bonds is 2. The van der Waals surface area contributed by atoms with Gasteiger partial charge in [0.1, 0.15) is 10.7 Å². The molecular weight excluding hydrogens is 322 g/mol. The molecule has 1 aromatic carbocycles. The van der Waals surface area contributed by atoms with E-state index in [1.165, 1.54) is 4.88 Å². The Morgan fingerprint density at radius 2 is 1.89 bits per heavy atom. The molecule has 2 heterocycles. The maximum absolute atomic E-state index is 4.72. The lowest BCUT2D eigenvalue weighted by atomic mass is 10.1.